The molecule has 0 radical (unpaired) electrons. The van der Waals surface area contributed by atoms with Crippen molar-refractivity contribution >= 4 is 23.3 Å². The van der Waals surface area contributed by atoms with Crippen LogP contribution >= 0.6 is 12.4 Å². The fraction of sp³-hybridized carbons (Fsp3) is 0.300. The molecule has 2 aromatic carbocycles. The molecule has 0 amide bonds. The van der Waals surface area contributed by atoms with Gasteiger partial charge in [0.1, 0.15) is 0 Å². The summed E-state index contributed by atoms with van der Waals surface area (Å²) in [6, 6.07) is 12.6. The van der Waals surface area contributed by atoms with Crippen LogP contribution in [0.25, 0.3) is 22.0 Å². The number of aryl methyl sites for hydroxylation is 1. The van der Waals surface area contributed by atoms with Crippen molar-refractivity contribution in [2.45, 2.75) is 13.0 Å². The fourth-order valence-electron chi connectivity index (χ4n) is 3.87. The van der Waals surface area contributed by atoms with E-state index in [9.17, 15) is 0 Å². The lowest BCUT2D eigenvalue weighted by Crippen LogP contribution is -2.24. The largest absolute Gasteiger partial charge is 0.493 e. The van der Waals surface area contributed by atoms with Crippen LogP contribution in [-0.4, -0.2) is 25.3 Å². The molecule has 132 valence electrons. The van der Waals surface area contributed by atoms with Gasteiger partial charge in [0.05, 0.1) is 14.2 Å². The first-order valence-electron chi connectivity index (χ1n) is 8.27. The molecule has 0 fully saturated rings. The summed E-state index contributed by atoms with van der Waals surface area (Å²) in [5.74, 6) is 1.55. The highest BCUT2D eigenvalue weighted by molar-refractivity contribution is 6.00. The number of benzene rings is 2. The van der Waals surface area contributed by atoms with E-state index in [4.69, 9.17) is 9.47 Å². The standard InChI is InChI=1S/C20H22N2O2.ClH/c1-22-16-8-4-6-13(19(16)15-10-11-21-12-17(15)22)14-7-5-9-18(23-2)20(14)24-3;/h4-9,21H,10-12H2,1-3H3;1H. The lowest BCUT2D eigenvalue weighted by Gasteiger charge is -2.16. The van der Waals surface area contributed by atoms with Crippen molar-refractivity contribution in [2.24, 2.45) is 7.05 Å². The Bertz CT molecular complexity index is 918. The summed E-state index contributed by atoms with van der Waals surface area (Å²) in [5, 5.41) is 4.81. The SMILES string of the molecule is COc1cccc(-c2cccc3c2c2c(n3C)CNCC2)c1OC.Cl. The normalized spacial score (nSPS) is 13.2. The Morgan fingerprint density at radius 3 is 2.52 bits per heavy atom. The monoisotopic (exact) mass is 358 g/mol. The zero-order chi connectivity index (χ0) is 16.7. The minimum atomic E-state index is 0. The predicted molar refractivity (Wildman–Crippen MR) is 104 cm³/mol. The molecule has 1 aromatic heterocycles. The van der Waals surface area contributed by atoms with Crippen molar-refractivity contribution in [3.8, 4) is 22.6 Å². The molecule has 1 aliphatic heterocycles. The molecule has 1 aliphatic rings. The van der Waals surface area contributed by atoms with Gasteiger partial charge in [-0.05, 0) is 36.2 Å². The Hall–Kier alpha value is -2.17. The fourth-order valence-corrected chi connectivity index (χ4v) is 3.87. The van der Waals surface area contributed by atoms with Crippen LogP contribution in [0.4, 0.5) is 0 Å². The summed E-state index contributed by atoms with van der Waals surface area (Å²) >= 11 is 0. The maximum atomic E-state index is 5.68. The van der Waals surface area contributed by atoms with Gasteiger partial charge in [0.2, 0.25) is 0 Å². The molecule has 0 atom stereocenters. The van der Waals surface area contributed by atoms with Crippen LogP contribution in [0.5, 0.6) is 11.5 Å². The van der Waals surface area contributed by atoms with Gasteiger partial charge in [-0.15, -0.1) is 12.4 Å². The van der Waals surface area contributed by atoms with Gasteiger partial charge in [-0.3, -0.25) is 0 Å². The van der Waals surface area contributed by atoms with Crippen molar-refractivity contribution < 1.29 is 9.47 Å². The summed E-state index contributed by atoms with van der Waals surface area (Å²) in [6.45, 7) is 1.95. The van der Waals surface area contributed by atoms with Crippen LogP contribution < -0.4 is 14.8 Å². The lowest BCUT2D eigenvalue weighted by atomic mass is 9.95. The number of fused-ring (bicyclic) bond motifs is 3. The zero-order valence-corrected chi connectivity index (χ0v) is 15.6. The minimum absolute atomic E-state index is 0. The molecule has 0 aliphatic carbocycles. The summed E-state index contributed by atoms with van der Waals surface area (Å²) < 4.78 is 13.5. The molecule has 2 heterocycles. The number of ether oxygens (including phenoxy) is 2. The summed E-state index contributed by atoms with van der Waals surface area (Å²) in [6.07, 6.45) is 1.05. The lowest BCUT2D eigenvalue weighted by molar-refractivity contribution is 0.356. The molecule has 25 heavy (non-hydrogen) atoms. The Morgan fingerprint density at radius 2 is 1.76 bits per heavy atom. The number of hydrogen-bond donors (Lipinski definition) is 1. The Kier molecular flexibility index (Phi) is 4.93. The smallest absolute Gasteiger partial charge is 0.168 e. The first-order chi connectivity index (χ1) is 11.8. The number of halogens is 1. The molecule has 1 N–H and O–H groups in total. The van der Waals surface area contributed by atoms with E-state index in [1.165, 1.54) is 27.7 Å². The maximum Gasteiger partial charge on any atom is 0.168 e. The maximum absolute atomic E-state index is 5.68. The van der Waals surface area contributed by atoms with Crippen LogP contribution in [0.2, 0.25) is 0 Å². The van der Waals surface area contributed by atoms with Gasteiger partial charge in [-0.2, -0.15) is 0 Å². The highest BCUT2D eigenvalue weighted by Crippen LogP contribution is 2.42. The van der Waals surface area contributed by atoms with Gasteiger partial charge in [-0.25, -0.2) is 0 Å². The first kappa shape index (κ1) is 17.6. The highest BCUT2D eigenvalue weighted by atomic mass is 35.5. The van der Waals surface area contributed by atoms with E-state index < -0.39 is 0 Å². The second kappa shape index (κ2) is 6.98. The Labute approximate surface area is 154 Å². The van der Waals surface area contributed by atoms with E-state index in [2.05, 4.69) is 41.2 Å². The first-order valence-corrected chi connectivity index (χ1v) is 8.27. The van der Waals surface area contributed by atoms with Crippen LogP contribution in [0.15, 0.2) is 36.4 Å². The molecule has 3 aromatic rings. The summed E-state index contributed by atoms with van der Waals surface area (Å²) in [7, 11) is 5.53. The molecule has 0 bridgehead atoms. The minimum Gasteiger partial charge on any atom is -0.493 e. The van der Waals surface area contributed by atoms with E-state index >= 15 is 0 Å². The average Bonchev–Trinajstić information content (AvgIpc) is 2.94. The average molecular weight is 359 g/mol. The van der Waals surface area contributed by atoms with Crippen LogP contribution in [0.3, 0.4) is 0 Å². The Morgan fingerprint density at radius 1 is 1.00 bits per heavy atom. The number of aromatic nitrogens is 1. The molecular formula is C20H23ClN2O2. The number of hydrogen-bond acceptors (Lipinski definition) is 3. The van der Waals surface area contributed by atoms with E-state index in [1.807, 2.05) is 12.1 Å². The van der Waals surface area contributed by atoms with Crippen molar-refractivity contribution in [2.75, 3.05) is 20.8 Å². The molecule has 4 nitrogen and oxygen atoms in total. The summed E-state index contributed by atoms with van der Waals surface area (Å²) in [4.78, 5) is 0. The van der Waals surface area contributed by atoms with E-state index in [1.54, 1.807) is 14.2 Å². The number of nitrogens with one attached hydrogen (secondary N) is 1. The zero-order valence-electron chi connectivity index (χ0n) is 14.8. The van der Waals surface area contributed by atoms with E-state index in [0.29, 0.717) is 0 Å². The van der Waals surface area contributed by atoms with Gasteiger partial charge in [-0.1, -0.05) is 24.3 Å². The predicted octanol–water partition coefficient (Wildman–Crippen LogP) is 3.93. The quantitative estimate of drug-likeness (QED) is 0.770. The highest BCUT2D eigenvalue weighted by Gasteiger charge is 2.22. The van der Waals surface area contributed by atoms with Crippen LogP contribution in [-0.2, 0) is 20.0 Å². The molecule has 0 spiro atoms. The van der Waals surface area contributed by atoms with Gasteiger partial charge in [0, 0.05) is 35.8 Å². The van der Waals surface area contributed by atoms with Gasteiger partial charge >= 0.3 is 0 Å². The van der Waals surface area contributed by atoms with Crippen molar-refractivity contribution in [3.05, 3.63) is 47.7 Å². The van der Waals surface area contributed by atoms with Gasteiger partial charge in [0.25, 0.3) is 0 Å². The third-order valence-corrected chi connectivity index (χ3v) is 5.00. The third kappa shape index (κ3) is 2.66. The summed E-state index contributed by atoms with van der Waals surface area (Å²) in [5.41, 5.74) is 6.39. The molecular weight excluding hydrogens is 336 g/mol. The third-order valence-electron chi connectivity index (χ3n) is 5.00. The Balaban J connectivity index is 0.00000182. The van der Waals surface area contributed by atoms with Crippen LogP contribution in [0.1, 0.15) is 11.3 Å². The number of para-hydroxylation sites is 1. The molecule has 0 saturated heterocycles. The van der Waals surface area contributed by atoms with Crippen molar-refractivity contribution in [1.29, 1.82) is 0 Å². The molecule has 5 heteroatoms. The molecule has 0 saturated carbocycles. The van der Waals surface area contributed by atoms with Crippen molar-refractivity contribution in [1.82, 2.24) is 9.88 Å². The molecule has 4 rings (SSSR count). The number of rotatable bonds is 3. The second-order valence-corrected chi connectivity index (χ2v) is 6.15. The van der Waals surface area contributed by atoms with Gasteiger partial charge in [0.15, 0.2) is 11.5 Å². The topological polar surface area (TPSA) is 35.4 Å². The second-order valence-electron chi connectivity index (χ2n) is 6.15. The number of methoxy groups -OCH3 is 2. The van der Waals surface area contributed by atoms with E-state index in [-0.39, 0.29) is 12.4 Å². The van der Waals surface area contributed by atoms with E-state index in [0.717, 1.165) is 36.6 Å². The van der Waals surface area contributed by atoms with Crippen LogP contribution in [0, 0.1) is 0 Å². The number of nitrogens with zero attached hydrogens (tertiary/aromatic N) is 1. The van der Waals surface area contributed by atoms with Crippen molar-refractivity contribution in [3.63, 3.8) is 0 Å². The van der Waals surface area contributed by atoms with Gasteiger partial charge < -0.3 is 19.4 Å². The molecule has 0 unspecified atom stereocenters.